The van der Waals surface area contributed by atoms with Crippen LogP contribution in [0, 0.1) is 0 Å². The minimum absolute atomic E-state index is 0.179. The van der Waals surface area contributed by atoms with Gasteiger partial charge in [0.1, 0.15) is 5.00 Å². The zero-order valence-electron chi connectivity index (χ0n) is 16.0. The lowest BCUT2D eigenvalue weighted by atomic mass is 9.83. The fourth-order valence-electron chi connectivity index (χ4n) is 3.44. The first-order chi connectivity index (χ1) is 13.0. The lowest BCUT2D eigenvalue weighted by Crippen LogP contribution is -2.17. The quantitative estimate of drug-likeness (QED) is 0.577. The van der Waals surface area contributed by atoms with E-state index in [2.05, 4.69) is 29.6 Å². The molecule has 0 bridgehead atoms. The summed E-state index contributed by atoms with van der Waals surface area (Å²) in [7, 11) is 0. The van der Waals surface area contributed by atoms with E-state index >= 15 is 0 Å². The molecule has 0 saturated heterocycles. The van der Waals surface area contributed by atoms with Gasteiger partial charge < -0.3 is 10.1 Å². The van der Waals surface area contributed by atoms with Crippen LogP contribution in [0.4, 0.5) is 5.00 Å². The maximum Gasteiger partial charge on any atom is 0.341 e. The molecule has 5 heteroatoms. The Labute approximate surface area is 164 Å². The third kappa shape index (κ3) is 4.14. The van der Waals surface area contributed by atoms with Crippen LogP contribution >= 0.6 is 11.3 Å². The Bertz CT molecular complexity index is 867. The molecular formula is C22H25NO3S. The first-order valence-electron chi connectivity index (χ1n) is 9.36. The van der Waals surface area contributed by atoms with Gasteiger partial charge >= 0.3 is 5.97 Å². The molecule has 0 saturated carbocycles. The predicted octanol–water partition coefficient (Wildman–Crippen LogP) is 5.10. The van der Waals surface area contributed by atoms with Crippen molar-refractivity contribution in [1.29, 1.82) is 0 Å². The van der Waals surface area contributed by atoms with E-state index in [-0.39, 0.29) is 11.9 Å². The maximum absolute atomic E-state index is 12.6. The molecule has 0 spiro atoms. The van der Waals surface area contributed by atoms with Crippen LogP contribution in [0.1, 0.15) is 59.5 Å². The molecule has 1 unspecified atom stereocenters. The number of amides is 1. The van der Waals surface area contributed by atoms with Crippen molar-refractivity contribution in [2.45, 2.75) is 46.0 Å². The summed E-state index contributed by atoms with van der Waals surface area (Å²) < 4.78 is 5.27. The van der Waals surface area contributed by atoms with Crippen molar-refractivity contribution in [1.82, 2.24) is 0 Å². The Morgan fingerprint density at radius 1 is 1.30 bits per heavy atom. The molecule has 1 aromatic carbocycles. The number of anilines is 1. The number of hydrogen-bond donors (Lipinski definition) is 1. The first kappa shape index (κ1) is 19.4. The average Bonchev–Trinajstić information content (AvgIpc) is 3.05. The molecule has 1 aromatic heterocycles. The number of benzene rings is 1. The molecule has 1 heterocycles. The zero-order chi connectivity index (χ0) is 19.4. The van der Waals surface area contributed by atoms with Crippen molar-refractivity contribution >= 4 is 28.2 Å². The van der Waals surface area contributed by atoms with Crippen molar-refractivity contribution < 1.29 is 14.3 Å². The lowest BCUT2D eigenvalue weighted by Gasteiger charge is -2.23. The third-order valence-corrected chi connectivity index (χ3v) is 6.20. The predicted molar refractivity (Wildman–Crippen MR) is 110 cm³/mol. The number of nitrogens with one attached hydrogen (secondary N) is 1. The molecule has 1 N–H and O–H groups in total. The fraction of sp³-hybridized carbons (Fsp3) is 0.364. The summed E-state index contributed by atoms with van der Waals surface area (Å²) in [5, 5.41) is 3.53. The number of carbonyl (C=O) groups excluding carboxylic acids is 2. The number of esters is 1. The number of hydrogen-bond acceptors (Lipinski definition) is 4. The second-order valence-electron chi connectivity index (χ2n) is 6.70. The van der Waals surface area contributed by atoms with Gasteiger partial charge in [-0.05, 0) is 57.1 Å². The third-order valence-electron chi connectivity index (χ3n) is 5.03. The molecule has 1 atom stereocenters. The van der Waals surface area contributed by atoms with E-state index in [9.17, 15) is 9.59 Å². The molecule has 4 nitrogen and oxygen atoms in total. The Morgan fingerprint density at radius 2 is 2.04 bits per heavy atom. The number of ether oxygens (including phenoxy) is 1. The molecule has 3 rings (SSSR count). The highest BCUT2D eigenvalue weighted by Gasteiger charge is 2.30. The summed E-state index contributed by atoms with van der Waals surface area (Å²) in [6, 6.07) is 10.5. The topological polar surface area (TPSA) is 55.4 Å². The van der Waals surface area contributed by atoms with Crippen LogP contribution in [0.5, 0.6) is 0 Å². The molecule has 27 heavy (non-hydrogen) atoms. The van der Waals surface area contributed by atoms with Gasteiger partial charge in [0.15, 0.2) is 0 Å². The van der Waals surface area contributed by atoms with Crippen molar-refractivity contribution in [2.75, 3.05) is 11.9 Å². The second-order valence-corrected chi connectivity index (χ2v) is 7.81. The van der Waals surface area contributed by atoms with Crippen LogP contribution in [0.3, 0.4) is 0 Å². The normalized spacial score (nSPS) is 16.6. The van der Waals surface area contributed by atoms with Crippen molar-refractivity contribution in [3.05, 3.63) is 63.5 Å². The van der Waals surface area contributed by atoms with Crippen LogP contribution < -0.4 is 5.32 Å². The van der Waals surface area contributed by atoms with Gasteiger partial charge in [-0.25, -0.2) is 4.79 Å². The number of allylic oxidation sites excluding steroid dienone is 1. The summed E-state index contributed by atoms with van der Waals surface area (Å²) in [5.74, 6) is -0.0870. The highest BCUT2D eigenvalue weighted by atomic mass is 32.1. The van der Waals surface area contributed by atoms with Gasteiger partial charge in [-0.1, -0.05) is 36.4 Å². The summed E-state index contributed by atoms with van der Waals surface area (Å²) >= 11 is 1.51. The van der Waals surface area contributed by atoms with E-state index in [1.165, 1.54) is 21.8 Å². The smallest absolute Gasteiger partial charge is 0.341 e. The van der Waals surface area contributed by atoms with E-state index in [4.69, 9.17) is 4.74 Å². The molecule has 2 aromatic rings. The first-order valence-corrected chi connectivity index (χ1v) is 10.2. The van der Waals surface area contributed by atoms with Crippen LogP contribution in [-0.4, -0.2) is 18.5 Å². The Hall–Kier alpha value is -2.40. The lowest BCUT2D eigenvalue weighted by molar-refractivity contribution is -0.112. The summed E-state index contributed by atoms with van der Waals surface area (Å²) in [4.78, 5) is 26.1. The number of thiophene rings is 1. The number of fused-ring (bicyclic) bond motifs is 1. The van der Waals surface area contributed by atoms with Crippen LogP contribution in [0.25, 0.3) is 0 Å². The van der Waals surface area contributed by atoms with Gasteiger partial charge in [0.25, 0.3) is 5.91 Å². The van der Waals surface area contributed by atoms with Gasteiger partial charge in [-0.3, -0.25) is 4.79 Å². The molecule has 0 aliphatic heterocycles. The highest BCUT2D eigenvalue weighted by Crippen LogP contribution is 2.42. The van der Waals surface area contributed by atoms with E-state index < -0.39 is 0 Å². The zero-order valence-corrected chi connectivity index (χ0v) is 16.8. The minimum atomic E-state index is -0.346. The monoisotopic (exact) mass is 383 g/mol. The Kier molecular flexibility index (Phi) is 6.11. The molecule has 1 amide bonds. The van der Waals surface area contributed by atoms with Crippen LogP contribution in [0.15, 0.2) is 42.0 Å². The summed E-state index contributed by atoms with van der Waals surface area (Å²) in [5.41, 5.74) is 3.53. The van der Waals surface area contributed by atoms with Crippen molar-refractivity contribution in [3.63, 3.8) is 0 Å². The minimum Gasteiger partial charge on any atom is -0.462 e. The van der Waals surface area contributed by atoms with E-state index in [1.807, 2.05) is 13.0 Å². The van der Waals surface area contributed by atoms with Gasteiger partial charge in [0.05, 0.1) is 12.2 Å². The average molecular weight is 384 g/mol. The van der Waals surface area contributed by atoms with Crippen LogP contribution in [-0.2, 0) is 22.4 Å². The van der Waals surface area contributed by atoms with Crippen LogP contribution in [0.2, 0.25) is 0 Å². The van der Waals surface area contributed by atoms with E-state index in [0.29, 0.717) is 28.7 Å². The van der Waals surface area contributed by atoms with E-state index in [1.54, 1.807) is 19.9 Å². The fourth-order valence-corrected chi connectivity index (χ4v) is 4.75. The summed E-state index contributed by atoms with van der Waals surface area (Å²) in [6.07, 6.45) is 4.45. The second kappa shape index (κ2) is 8.53. The van der Waals surface area contributed by atoms with Gasteiger partial charge in [-0.15, -0.1) is 11.3 Å². The van der Waals surface area contributed by atoms with Crippen molar-refractivity contribution in [3.8, 4) is 0 Å². The molecular weight excluding hydrogens is 358 g/mol. The largest absolute Gasteiger partial charge is 0.462 e. The van der Waals surface area contributed by atoms with Crippen molar-refractivity contribution in [2.24, 2.45) is 0 Å². The molecule has 1 aliphatic carbocycles. The Balaban J connectivity index is 1.94. The Morgan fingerprint density at radius 3 is 2.70 bits per heavy atom. The molecule has 1 aliphatic rings. The maximum atomic E-state index is 12.6. The number of carbonyl (C=O) groups is 2. The summed E-state index contributed by atoms with van der Waals surface area (Å²) in [6.45, 7) is 5.70. The molecule has 0 radical (unpaired) electrons. The van der Waals surface area contributed by atoms with Gasteiger partial charge in [0.2, 0.25) is 0 Å². The highest BCUT2D eigenvalue weighted by molar-refractivity contribution is 7.17. The molecule has 142 valence electrons. The standard InChI is InChI=1S/C22H25NO3S/c1-4-14(3)20(24)23-21-19(22(25)26-5-2)17-12-11-16(13-18(17)27-21)15-9-7-6-8-10-15/h4,6-10,16H,5,11-13H2,1-3H3,(H,23,24)/b14-4+. The SMILES string of the molecule is C/C=C(\C)C(=O)Nc1sc2c(c1C(=O)OCC)CCC(c1ccccc1)C2. The number of rotatable bonds is 5. The molecule has 0 fully saturated rings. The van der Waals surface area contributed by atoms with Gasteiger partial charge in [-0.2, -0.15) is 0 Å². The van der Waals surface area contributed by atoms with Gasteiger partial charge in [0, 0.05) is 10.5 Å². The van der Waals surface area contributed by atoms with E-state index in [0.717, 1.165) is 24.8 Å².